The van der Waals surface area contributed by atoms with Gasteiger partial charge in [0.1, 0.15) is 0 Å². The first kappa shape index (κ1) is 22.3. The molecule has 2 aromatic carbocycles. The van der Waals surface area contributed by atoms with Crippen LogP contribution in [0.15, 0.2) is 53.5 Å². The summed E-state index contributed by atoms with van der Waals surface area (Å²) in [6.45, 7) is 11.3. The molecule has 5 nitrogen and oxygen atoms in total. The zero-order valence-corrected chi connectivity index (χ0v) is 18.5. The van der Waals surface area contributed by atoms with Crippen molar-refractivity contribution in [1.29, 1.82) is 0 Å². The van der Waals surface area contributed by atoms with Gasteiger partial charge in [-0.3, -0.25) is 4.90 Å². The molecular formula is C25H36N4O. The van der Waals surface area contributed by atoms with Gasteiger partial charge in [0.15, 0.2) is 5.96 Å². The molecule has 0 spiro atoms. The molecule has 0 saturated carbocycles. The Morgan fingerprint density at radius 2 is 1.50 bits per heavy atom. The molecule has 1 aliphatic rings. The molecule has 0 aliphatic carbocycles. The van der Waals surface area contributed by atoms with E-state index in [4.69, 9.17) is 9.73 Å². The van der Waals surface area contributed by atoms with Crippen LogP contribution in [0.3, 0.4) is 0 Å². The van der Waals surface area contributed by atoms with E-state index in [0.717, 1.165) is 32.2 Å². The maximum atomic E-state index is 5.46. The summed E-state index contributed by atoms with van der Waals surface area (Å²) in [7, 11) is 0. The Bertz CT molecular complexity index is 765. The van der Waals surface area contributed by atoms with Crippen molar-refractivity contribution < 1.29 is 4.74 Å². The van der Waals surface area contributed by atoms with Crippen LogP contribution in [0.5, 0.6) is 0 Å². The molecule has 30 heavy (non-hydrogen) atoms. The number of rotatable bonds is 10. The van der Waals surface area contributed by atoms with Crippen molar-refractivity contribution in [2.24, 2.45) is 4.99 Å². The molecule has 0 bridgehead atoms. The van der Waals surface area contributed by atoms with E-state index < -0.39 is 0 Å². The molecule has 1 saturated heterocycles. The lowest BCUT2D eigenvalue weighted by atomic mass is 10.1. The van der Waals surface area contributed by atoms with Crippen LogP contribution in [0.1, 0.15) is 48.9 Å². The molecule has 0 amide bonds. The summed E-state index contributed by atoms with van der Waals surface area (Å²) in [4.78, 5) is 7.29. The number of nitrogens with one attached hydrogen (secondary N) is 2. The van der Waals surface area contributed by atoms with Gasteiger partial charge in [-0.05, 0) is 62.0 Å². The van der Waals surface area contributed by atoms with Crippen LogP contribution in [0, 0.1) is 0 Å². The summed E-state index contributed by atoms with van der Waals surface area (Å²) in [6.07, 6.45) is 2.68. The first-order valence-electron chi connectivity index (χ1n) is 11.2. The van der Waals surface area contributed by atoms with Crippen molar-refractivity contribution in [3.63, 3.8) is 0 Å². The zero-order chi connectivity index (χ0) is 21.0. The van der Waals surface area contributed by atoms with E-state index in [-0.39, 0.29) is 0 Å². The third kappa shape index (κ3) is 7.47. The molecule has 1 heterocycles. The summed E-state index contributed by atoms with van der Waals surface area (Å²) in [6, 6.07) is 17.4. The fourth-order valence-corrected chi connectivity index (χ4v) is 3.62. The second kappa shape index (κ2) is 12.4. The Kier molecular flexibility index (Phi) is 9.19. The molecule has 3 rings (SSSR count). The Morgan fingerprint density at radius 3 is 2.17 bits per heavy atom. The number of ether oxygens (including phenoxy) is 1. The highest BCUT2D eigenvalue weighted by atomic mass is 16.5. The first-order valence-corrected chi connectivity index (χ1v) is 11.2. The molecular weight excluding hydrogens is 372 g/mol. The van der Waals surface area contributed by atoms with Crippen LogP contribution < -0.4 is 10.6 Å². The third-order valence-electron chi connectivity index (χ3n) is 5.35. The largest absolute Gasteiger partial charge is 0.377 e. The van der Waals surface area contributed by atoms with Gasteiger partial charge in [-0.1, -0.05) is 48.5 Å². The van der Waals surface area contributed by atoms with Gasteiger partial charge in [-0.15, -0.1) is 0 Å². The number of nitrogens with zero attached hydrogens (tertiary/aromatic N) is 2. The Labute approximate surface area is 181 Å². The monoisotopic (exact) mass is 408 g/mol. The average molecular weight is 409 g/mol. The first-order chi connectivity index (χ1) is 14.8. The van der Waals surface area contributed by atoms with E-state index in [1.807, 2.05) is 6.92 Å². The lowest BCUT2D eigenvalue weighted by molar-refractivity contribution is 0.134. The third-order valence-corrected chi connectivity index (χ3v) is 5.35. The number of likely N-dealkylation sites (tertiary alicyclic amines) is 1. The van der Waals surface area contributed by atoms with Crippen LogP contribution in [0.2, 0.25) is 0 Å². The van der Waals surface area contributed by atoms with Crippen molar-refractivity contribution in [3.05, 3.63) is 70.8 Å². The highest BCUT2D eigenvalue weighted by Crippen LogP contribution is 2.13. The fraction of sp³-hybridized carbons (Fsp3) is 0.480. The minimum Gasteiger partial charge on any atom is -0.377 e. The van der Waals surface area contributed by atoms with Crippen LogP contribution in [0.4, 0.5) is 0 Å². The SMILES string of the molecule is CCNC(=NCc1ccc(CN2CCCC2)cc1)NCc1ccc(COCC)cc1. The average Bonchev–Trinajstić information content (AvgIpc) is 3.29. The molecule has 0 atom stereocenters. The summed E-state index contributed by atoms with van der Waals surface area (Å²) >= 11 is 0. The minimum atomic E-state index is 0.672. The van der Waals surface area contributed by atoms with E-state index in [2.05, 4.69) is 71.0 Å². The highest BCUT2D eigenvalue weighted by Gasteiger charge is 2.11. The number of aliphatic imine (C=N–C) groups is 1. The van der Waals surface area contributed by atoms with Gasteiger partial charge in [-0.2, -0.15) is 0 Å². The lowest BCUT2D eigenvalue weighted by Crippen LogP contribution is -2.36. The zero-order valence-electron chi connectivity index (χ0n) is 18.5. The molecule has 2 aromatic rings. The van der Waals surface area contributed by atoms with Crippen LogP contribution >= 0.6 is 0 Å². The predicted molar refractivity (Wildman–Crippen MR) is 124 cm³/mol. The van der Waals surface area contributed by atoms with Gasteiger partial charge in [0.2, 0.25) is 0 Å². The molecule has 2 N–H and O–H groups in total. The van der Waals surface area contributed by atoms with Crippen LogP contribution in [-0.2, 0) is 31.0 Å². The second-order valence-corrected chi connectivity index (χ2v) is 7.80. The van der Waals surface area contributed by atoms with Gasteiger partial charge in [0, 0.05) is 26.2 Å². The maximum absolute atomic E-state index is 5.46. The van der Waals surface area contributed by atoms with E-state index in [9.17, 15) is 0 Å². The van der Waals surface area contributed by atoms with Gasteiger partial charge in [0.05, 0.1) is 13.2 Å². The summed E-state index contributed by atoms with van der Waals surface area (Å²) in [5, 5.41) is 6.76. The lowest BCUT2D eigenvalue weighted by Gasteiger charge is -2.14. The smallest absolute Gasteiger partial charge is 0.191 e. The molecule has 1 aliphatic heterocycles. The number of guanidine groups is 1. The van der Waals surface area contributed by atoms with Crippen molar-refractivity contribution in [3.8, 4) is 0 Å². The normalized spacial score (nSPS) is 14.8. The predicted octanol–water partition coefficient (Wildman–Crippen LogP) is 4.07. The summed E-state index contributed by atoms with van der Waals surface area (Å²) in [5.74, 6) is 0.844. The Hall–Kier alpha value is -2.37. The summed E-state index contributed by atoms with van der Waals surface area (Å²) in [5.41, 5.74) is 5.06. The van der Waals surface area contributed by atoms with Gasteiger partial charge in [0.25, 0.3) is 0 Å². The minimum absolute atomic E-state index is 0.672. The standard InChI is InChI=1S/C25H36N4O/c1-3-26-25(28-18-22-9-13-24(14-10-22)20-30-4-2)27-17-21-7-11-23(12-8-21)19-29-15-5-6-16-29/h7-14H,3-6,15-20H2,1-2H3,(H2,26,27,28). The molecule has 0 aromatic heterocycles. The molecule has 1 fully saturated rings. The van der Waals surface area contributed by atoms with E-state index in [1.54, 1.807) is 0 Å². The maximum Gasteiger partial charge on any atom is 0.191 e. The van der Waals surface area contributed by atoms with Gasteiger partial charge >= 0.3 is 0 Å². The second-order valence-electron chi connectivity index (χ2n) is 7.80. The number of benzene rings is 2. The molecule has 162 valence electrons. The van der Waals surface area contributed by atoms with E-state index >= 15 is 0 Å². The van der Waals surface area contributed by atoms with Crippen LogP contribution in [-0.4, -0.2) is 37.1 Å². The van der Waals surface area contributed by atoms with Crippen LogP contribution in [0.25, 0.3) is 0 Å². The fourth-order valence-electron chi connectivity index (χ4n) is 3.62. The molecule has 0 radical (unpaired) electrons. The van der Waals surface area contributed by atoms with E-state index in [1.165, 1.54) is 48.2 Å². The van der Waals surface area contributed by atoms with E-state index in [0.29, 0.717) is 13.2 Å². The summed E-state index contributed by atoms with van der Waals surface area (Å²) < 4.78 is 5.46. The van der Waals surface area contributed by atoms with Crippen molar-refractivity contribution >= 4 is 5.96 Å². The Morgan fingerprint density at radius 1 is 0.867 bits per heavy atom. The quantitative estimate of drug-likeness (QED) is 0.460. The number of hydrogen-bond donors (Lipinski definition) is 2. The number of hydrogen-bond acceptors (Lipinski definition) is 3. The topological polar surface area (TPSA) is 48.9 Å². The van der Waals surface area contributed by atoms with Gasteiger partial charge in [-0.25, -0.2) is 4.99 Å². The molecule has 5 heteroatoms. The Balaban J connectivity index is 1.49. The molecule has 0 unspecified atom stereocenters. The van der Waals surface area contributed by atoms with Crippen molar-refractivity contribution in [1.82, 2.24) is 15.5 Å². The van der Waals surface area contributed by atoms with Crippen molar-refractivity contribution in [2.75, 3.05) is 26.2 Å². The van der Waals surface area contributed by atoms with Gasteiger partial charge < -0.3 is 15.4 Å². The highest BCUT2D eigenvalue weighted by molar-refractivity contribution is 5.79. The van der Waals surface area contributed by atoms with Crippen molar-refractivity contribution in [2.45, 2.75) is 52.9 Å².